The molecule has 1 aliphatic carbocycles. The third-order valence-electron chi connectivity index (χ3n) is 6.29. The lowest BCUT2D eigenvalue weighted by atomic mass is 9.96. The van der Waals surface area contributed by atoms with E-state index in [-0.39, 0.29) is 11.9 Å². The molecule has 7 heteroatoms. The number of rotatable bonds is 4. The highest BCUT2D eigenvalue weighted by molar-refractivity contribution is 5.87. The monoisotopic (exact) mass is 381 g/mol. The van der Waals surface area contributed by atoms with Gasteiger partial charge in [-0.3, -0.25) is 9.69 Å². The lowest BCUT2D eigenvalue weighted by molar-refractivity contribution is -0.128. The van der Waals surface area contributed by atoms with Crippen molar-refractivity contribution in [3.63, 3.8) is 0 Å². The molecule has 1 atom stereocenters. The average molecular weight is 381 g/mol. The summed E-state index contributed by atoms with van der Waals surface area (Å²) in [4.78, 5) is 25.7. The molecule has 3 heterocycles. The summed E-state index contributed by atoms with van der Waals surface area (Å²) in [7, 11) is 0. The van der Waals surface area contributed by atoms with Crippen LogP contribution in [0.3, 0.4) is 0 Å². The van der Waals surface area contributed by atoms with Crippen LogP contribution in [0.2, 0.25) is 0 Å². The number of ether oxygens (including phenoxy) is 1. The fraction of sp³-hybridized carbons (Fsp3) is 0.571. The smallest absolute Gasteiger partial charge is 0.237 e. The first-order valence-electron chi connectivity index (χ1n) is 10.5. The van der Waals surface area contributed by atoms with Gasteiger partial charge in [0.2, 0.25) is 11.8 Å². The molecule has 1 amide bonds. The number of carbonyl (C=O) groups excluding carboxylic acids is 1. The van der Waals surface area contributed by atoms with Crippen LogP contribution in [0.25, 0.3) is 10.9 Å². The van der Waals surface area contributed by atoms with Crippen LogP contribution in [0, 0.1) is 0 Å². The van der Waals surface area contributed by atoms with Crippen LogP contribution in [0.4, 0.5) is 5.69 Å². The topological polar surface area (TPSA) is 70.6 Å². The zero-order valence-electron chi connectivity index (χ0n) is 16.1. The summed E-state index contributed by atoms with van der Waals surface area (Å²) in [6, 6.07) is 6.39. The van der Waals surface area contributed by atoms with Crippen molar-refractivity contribution in [2.75, 3.05) is 37.6 Å². The Bertz CT molecular complexity index is 861. The number of amides is 1. The van der Waals surface area contributed by atoms with Crippen molar-refractivity contribution in [3.05, 3.63) is 24.5 Å². The molecule has 5 rings (SSSR count). The van der Waals surface area contributed by atoms with Crippen LogP contribution in [0.15, 0.2) is 24.5 Å². The Labute approximate surface area is 165 Å². The van der Waals surface area contributed by atoms with E-state index < -0.39 is 0 Å². The van der Waals surface area contributed by atoms with Crippen molar-refractivity contribution in [2.24, 2.45) is 0 Å². The van der Waals surface area contributed by atoms with Crippen LogP contribution < -0.4 is 15.0 Å². The summed E-state index contributed by atoms with van der Waals surface area (Å²) in [5, 5.41) is 3.99. The number of piperazine rings is 1. The zero-order chi connectivity index (χ0) is 18.9. The number of hydrogen-bond acceptors (Lipinski definition) is 6. The number of aromatic nitrogens is 2. The van der Waals surface area contributed by atoms with Gasteiger partial charge in [-0.2, -0.15) is 0 Å². The van der Waals surface area contributed by atoms with Crippen molar-refractivity contribution < 1.29 is 9.53 Å². The first kappa shape index (κ1) is 17.7. The van der Waals surface area contributed by atoms with Crippen molar-refractivity contribution in [3.8, 4) is 5.88 Å². The van der Waals surface area contributed by atoms with Gasteiger partial charge in [-0.15, -0.1) is 0 Å². The van der Waals surface area contributed by atoms with E-state index in [4.69, 9.17) is 4.74 Å². The second kappa shape index (κ2) is 7.54. The molecule has 3 aliphatic rings. The molecule has 3 fully saturated rings. The summed E-state index contributed by atoms with van der Waals surface area (Å²) in [5.74, 6) is 0.898. The van der Waals surface area contributed by atoms with Crippen molar-refractivity contribution >= 4 is 22.5 Å². The number of nitrogens with one attached hydrogen (secondary N) is 1. The van der Waals surface area contributed by atoms with Crippen molar-refractivity contribution in [2.45, 2.75) is 44.2 Å². The molecule has 2 aromatic rings. The van der Waals surface area contributed by atoms with Gasteiger partial charge in [-0.1, -0.05) is 0 Å². The average Bonchev–Trinajstić information content (AvgIpc) is 2.71. The quantitative estimate of drug-likeness (QED) is 0.873. The molecule has 2 aliphatic heterocycles. The van der Waals surface area contributed by atoms with Gasteiger partial charge in [0.1, 0.15) is 12.4 Å². The molecule has 1 unspecified atom stereocenters. The third-order valence-corrected chi connectivity index (χ3v) is 6.29. The number of carbonyl (C=O) groups is 1. The molecule has 0 spiro atoms. The summed E-state index contributed by atoms with van der Waals surface area (Å²) >= 11 is 0. The Kier molecular flexibility index (Phi) is 4.76. The van der Waals surface area contributed by atoms with Crippen LogP contribution in [-0.4, -0.2) is 65.6 Å². The molecule has 148 valence electrons. The Morgan fingerprint density at radius 1 is 1.04 bits per heavy atom. The first-order valence-corrected chi connectivity index (χ1v) is 10.5. The van der Waals surface area contributed by atoms with Gasteiger partial charge in [0.05, 0.1) is 16.9 Å². The summed E-state index contributed by atoms with van der Waals surface area (Å²) in [5.41, 5.74) is 2.10. The fourth-order valence-corrected chi connectivity index (χ4v) is 4.35. The molecule has 28 heavy (non-hydrogen) atoms. The van der Waals surface area contributed by atoms with Gasteiger partial charge in [-0.25, -0.2) is 9.97 Å². The Morgan fingerprint density at radius 3 is 2.64 bits per heavy atom. The van der Waals surface area contributed by atoms with E-state index in [1.54, 1.807) is 6.33 Å². The molecular weight excluding hydrogens is 354 g/mol. The molecule has 0 bridgehead atoms. The molecule has 1 aromatic carbocycles. The van der Waals surface area contributed by atoms with E-state index in [1.807, 2.05) is 0 Å². The van der Waals surface area contributed by atoms with Crippen LogP contribution in [-0.2, 0) is 4.79 Å². The van der Waals surface area contributed by atoms with Gasteiger partial charge < -0.3 is 15.0 Å². The Balaban J connectivity index is 1.31. The molecule has 2 saturated heterocycles. The maximum Gasteiger partial charge on any atom is 0.237 e. The lowest BCUT2D eigenvalue weighted by Crippen LogP contribution is -2.56. The van der Waals surface area contributed by atoms with E-state index in [1.165, 1.54) is 12.1 Å². The minimum Gasteiger partial charge on any atom is -0.474 e. The van der Waals surface area contributed by atoms with Crippen LogP contribution >= 0.6 is 0 Å². The molecule has 1 aromatic heterocycles. The van der Waals surface area contributed by atoms with Crippen molar-refractivity contribution in [1.29, 1.82) is 0 Å². The second-order valence-electron chi connectivity index (χ2n) is 8.02. The predicted molar refractivity (Wildman–Crippen MR) is 108 cm³/mol. The van der Waals surface area contributed by atoms with Crippen LogP contribution in [0.5, 0.6) is 5.88 Å². The number of piperidine rings is 1. The molecule has 1 saturated carbocycles. The molecular formula is C21H27N5O2. The van der Waals surface area contributed by atoms with E-state index in [0.717, 1.165) is 69.3 Å². The third kappa shape index (κ3) is 3.39. The Hall–Kier alpha value is -2.41. The molecule has 0 radical (unpaired) electrons. The highest BCUT2D eigenvalue weighted by Gasteiger charge is 2.30. The summed E-state index contributed by atoms with van der Waals surface area (Å²) in [6.07, 6.45) is 7.40. The van der Waals surface area contributed by atoms with E-state index in [9.17, 15) is 4.79 Å². The van der Waals surface area contributed by atoms with Gasteiger partial charge in [-0.05, 0) is 50.3 Å². The number of benzene rings is 1. The van der Waals surface area contributed by atoms with Gasteiger partial charge in [0, 0.05) is 38.4 Å². The Morgan fingerprint density at radius 2 is 1.89 bits per heavy atom. The zero-order valence-corrected chi connectivity index (χ0v) is 16.1. The van der Waals surface area contributed by atoms with E-state index >= 15 is 0 Å². The maximum atomic E-state index is 12.2. The van der Waals surface area contributed by atoms with Gasteiger partial charge in [0.15, 0.2) is 0 Å². The predicted octanol–water partition coefficient (Wildman–Crippen LogP) is 1.96. The minimum absolute atomic E-state index is 0.0448. The SMILES string of the molecule is O=C1NCCCC1N1CCN(c2ccc3ncnc(OC4CCC4)c3c2)CC1. The van der Waals surface area contributed by atoms with Gasteiger partial charge in [0.25, 0.3) is 0 Å². The highest BCUT2D eigenvalue weighted by Crippen LogP contribution is 2.31. The number of anilines is 1. The number of nitrogens with zero attached hydrogens (tertiary/aromatic N) is 4. The minimum atomic E-state index is 0.0448. The lowest BCUT2D eigenvalue weighted by Gasteiger charge is -2.40. The van der Waals surface area contributed by atoms with Gasteiger partial charge >= 0.3 is 0 Å². The number of hydrogen-bond donors (Lipinski definition) is 1. The van der Waals surface area contributed by atoms with Crippen molar-refractivity contribution in [1.82, 2.24) is 20.2 Å². The van der Waals surface area contributed by atoms with E-state index in [0.29, 0.717) is 12.0 Å². The molecule has 1 N–H and O–H groups in total. The summed E-state index contributed by atoms with van der Waals surface area (Å²) < 4.78 is 6.09. The highest BCUT2D eigenvalue weighted by atomic mass is 16.5. The summed E-state index contributed by atoms with van der Waals surface area (Å²) in [6.45, 7) is 4.48. The van der Waals surface area contributed by atoms with E-state index in [2.05, 4.69) is 43.3 Å². The normalized spacial score (nSPS) is 24.1. The standard InChI is InChI=1S/C21H27N5O2/c27-20-19(5-2-8-22-20)26-11-9-25(10-12-26)15-6-7-18-17(13-15)21(24-14-23-18)28-16-3-1-4-16/h6-7,13-14,16,19H,1-5,8-12H2,(H,22,27). The first-order chi connectivity index (χ1) is 13.8. The second-order valence-corrected chi connectivity index (χ2v) is 8.02. The molecule has 7 nitrogen and oxygen atoms in total. The maximum absolute atomic E-state index is 12.2. The van der Waals surface area contributed by atoms with Crippen LogP contribution in [0.1, 0.15) is 32.1 Å². The largest absolute Gasteiger partial charge is 0.474 e. The fourth-order valence-electron chi connectivity index (χ4n) is 4.35. The number of fused-ring (bicyclic) bond motifs is 1.